The van der Waals surface area contributed by atoms with E-state index in [0.717, 1.165) is 5.71 Å². The van der Waals surface area contributed by atoms with Crippen LogP contribution in [0.4, 0.5) is 0 Å². The van der Waals surface area contributed by atoms with Crippen molar-refractivity contribution in [3.05, 3.63) is 34.4 Å². The largest absolute Gasteiger partial charge is 0.263 e. The van der Waals surface area contributed by atoms with Crippen LogP contribution >= 0.6 is 0 Å². The van der Waals surface area contributed by atoms with Crippen LogP contribution in [0.3, 0.4) is 0 Å². The van der Waals surface area contributed by atoms with Gasteiger partial charge in [-0.3, -0.25) is 10.1 Å². The zero-order valence-electron chi connectivity index (χ0n) is 8.02. The van der Waals surface area contributed by atoms with E-state index < -0.39 is 5.54 Å². The minimum absolute atomic E-state index is 0.299. The van der Waals surface area contributed by atoms with Crippen LogP contribution in [0.5, 0.6) is 0 Å². The summed E-state index contributed by atoms with van der Waals surface area (Å²) in [6.07, 6.45) is 6.73. The molecule has 1 rings (SSSR count). The van der Waals surface area contributed by atoms with Crippen molar-refractivity contribution in [1.29, 1.82) is 0 Å². The second-order valence-corrected chi connectivity index (χ2v) is 3.47. The van der Waals surface area contributed by atoms with Gasteiger partial charge in [0.25, 0.3) is 5.54 Å². The van der Waals surface area contributed by atoms with Gasteiger partial charge < -0.3 is 0 Å². The van der Waals surface area contributed by atoms with E-state index in [1.807, 2.05) is 18.7 Å². The van der Waals surface area contributed by atoms with Crippen LogP contribution in [0.25, 0.3) is 0 Å². The van der Waals surface area contributed by atoms with E-state index in [-0.39, 0.29) is 4.92 Å². The van der Waals surface area contributed by atoms with Crippen LogP contribution < -0.4 is 0 Å². The van der Waals surface area contributed by atoms with E-state index in [1.165, 1.54) is 0 Å². The highest BCUT2D eigenvalue weighted by atomic mass is 16.6. The van der Waals surface area contributed by atoms with Crippen molar-refractivity contribution in [2.75, 3.05) is 14.1 Å². The van der Waals surface area contributed by atoms with Gasteiger partial charge in [0.15, 0.2) is 5.71 Å². The highest BCUT2D eigenvalue weighted by Gasteiger charge is 2.33. The third kappa shape index (κ3) is 1.83. The van der Waals surface area contributed by atoms with Gasteiger partial charge in [-0.15, -0.1) is 0 Å². The molecule has 4 heteroatoms. The molecule has 0 aromatic carbocycles. The first-order valence-electron chi connectivity index (χ1n) is 4.03. The fourth-order valence-electron chi connectivity index (χ4n) is 1.04. The second kappa shape index (κ2) is 3.12. The van der Waals surface area contributed by atoms with Crippen LogP contribution in [-0.2, 0) is 0 Å². The number of hydrogen-bond donors (Lipinski definition) is 0. The lowest BCUT2D eigenvalue weighted by atomic mass is 9.96. The number of nitro groups is 1. The van der Waals surface area contributed by atoms with Crippen LogP contribution in [-0.4, -0.2) is 34.8 Å². The minimum Gasteiger partial charge on any atom is -0.263 e. The van der Waals surface area contributed by atoms with Crippen LogP contribution in [0, 0.1) is 10.1 Å². The van der Waals surface area contributed by atoms with Gasteiger partial charge in [-0.1, -0.05) is 0 Å². The van der Waals surface area contributed by atoms with Gasteiger partial charge in [-0.2, -0.15) is 0 Å². The maximum absolute atomic E-state index is 10.6. The maximum atomic E-state index is 10.6. The highest BCUT2D eigenvalue weighted by Crippen LogP contribution is 2.16. The highest BCUT2D eigenvalue weighted by molar-refractivity contribution is 6.01. The molecule has 0 heterocycles. The Morgan fingerprint density at radius 2 is 1.77 bits per heavy atom. The van der Waals surface area contributed by atoms with Crippen molar-refractivity contribution in [2.45, 2.75) is 12.5 Å². The van der Waals surface area contributed by atoms with Crippen molar-refractivity contribution in [1.82, 2.24) is 0 Å². The molecule has 70 valence electrons. The van der Waals surface area contributed by atoms with Gasteiger partial charge >= 0.3 is 0 Å². The summed E-state index contributed by atoms with van der Waals surface area (Å²) in [4.78, 5) is 10.3. The summed E-state index contributed by atoms with van der Waals surface area (Å²) in [6, 6.07) is 0. The summed E-state index contributed by atoms with van der Waals surface area (Å²) < 4.78 is 1.91. The van der Waals surface area contributed by atoms with E-state index in [1.54, 1.807) is 31.2 Å². The average Bonchev–Trinajstić information content (AvgIpc) is 2.04. The molecule has 13 heavy (non-hydrogen) atoms. The molecule has 0 aliphatic heterocycles. The molecular weight excluding hydrogens is 168 g/mol. The zero-order valence-corrected chi connectivity index (χ0v) is 8.02. The van der Waals surface area contributed by atoms with Gasteiger partial charge in [-0.25, -0.2) is 4.58 Å². The summed E-state index contributed by atoms with van der Waals surface area (Å²) >= 11 is 0. The first-order valence-corrected chi connectivity index (χ1v) is 4.03. The fraction of sp³-hybridized carbons (Fsp3) is 0.444. The van der Waals surface area contributed by atoms with E-state index in [2.05, 4.69) is 0 Å². The Morgan fingerprint density at radius 3 is 2.08 bits per heavy atom. The molecule has 0 amide bonds. The Balaban J connectivity index is 2.98. The molecule has 0 N–H and O–H groups in total. The van der Waals surface area contributed by atoms with Gasteiger partial charge in [0.2, 0.25) is 0 Å². The molecule has 0 bridgehead atoms. The lowest BCUT2D eigenvalue weighted by Gasteiger charge is -2.14. The summed E-state index contributed by atoms with van der Waals surface area (Å²) in [7, 11) is 3.80. The SMILES string of the molecule is C[N+](C)=C1C=CC(C)([N+](=O)[O-])C=C1. The third-order valence-electron chi connectivity index (χ3n) is 2.09. The monoisotopic (exact) mass is 181 g/mol. The van der Waals surface area contributed by atoms with E-state index in [4.69, 9.17) is 0 Å². The molecule has 4 nitrogen and oxygen atoms in total. The van der Waals surface area contributed by atoms with Gasteiger partial charge in [0.1, 0.15) is 14.1 Å². The van der Waals surface area contributed by atoms with Crippen molar-refractivity contribution < 1.29 is 9.50 Å². The standard InChI is InChI=1S/C9H13N2O2/c1-9(11(12)13)6-4-8(5-7-9)10(2)3/h4-7H,1-3H3/q+1. The quantitative estimate of drug-likeness (QED) is 0.342. The summed E-state index contributed by atoms with van der Waals surface area (Å²) in [5, 5.41) is 10.6. The number of rotatable bonds is 1. The molecule has 0 atom stereocenters. The zero-order chi connectivity index (χ0) is 10.1. The lowest BCUT2D eigenvalue weighted by molar-refractivity contribution is -0.536. The summed E-state index contributed by atoms with van der Waals surface area (Å²) in [6.45, 7) is 1.58. The Hall–Kier alpha value is -1.45. The van der Waals surface area contributed by atoms with Crippen molar-refractivity contribution in [2.24, 2.45) is 0 Å². The smallest absolute Gasteiger partial charge is 0.256 e. The third-order valence-corrected chi connectivity index (χ3v) is 2.09. The second-order valence-electron chi connectivity index (χ2n) is 3.47. The first-order chi connectivity index (χ1) is 5.96. The number of allylic oxidation sites excluding steroid dienone is 2. The molecule has 0 radical (unpaired) electrons. The van der Waals surface area contributed by atoms with Crippen LogP contribution in [0.1, 0.15) is 6.92 Å². The molecular formula is C9H13N2O2+. The number of nitrogens with zero attached hydrogens (tertiary/aromatic N) is 2. The van der Waals surface area contributed by atoms with Crippen molar-refractivity contribution in [3.63, 3.8) is 0 Å². The molecule has 1 aliphatic carbocycles. The molecule has 0 saturated heterocycles. The van der Waals surface area contributed by atoms with E-state index in [9.17, 15) is 10.1 Å². The number of hydrogen-bond acceptors (Lipinski definition) is 2. The fourth-order valence-corrected chi connectivity index (χ4v) is 1.04. The predicted octanol–water partition coefficient (Wildman–Crippen LogP) is 0.861. The molecule has 0 aromatic heterocycles. The maximum Gasteiger partial charge on any atom is 0.256 e. The van der Waals surface area contributed by atoms with Gasteiger partial charge in [0, 0.05) is 36.2 Å². The van der Waals surface area contributed by atoms with Crippen molar-refractivity contribution in [3.8, 4) is 0 Å². The average molecular weight is 181 g/mol. The molecule has 0 fully saturated rings. The van der Waals surface area contributed by atoms with E-state index >= 15 is 0 Å². The lowest BCUT2D eigenvalue weighted by Crippen LogP contribution is -2.32. The van der Waals surface area contributed by atoms with Gasteiger partial charge in [-0.05, 0) is 0 Å². The van der Waals surface area contributed by atoms with Crippen molar-refractivity contribution >= 4 is 5.71 Å². The van der Waals surface area contributed by atoms with E-state index in [0.29, 0.717) is 0 Å². The molecule has 1 aliphatic rings. The summed E-state index contributed by atoms with van der Waals surface area (Å²) in [5.41, 5.74) is -0.0706. The summed E-state index contributed by atoms with van der Waals surface area (Å²) in [5.74, 6) is 0. The normalized spacial score (nSPS) is 26.2. The Labute approximate surface area is 77.0 Å². The Morgan fingerprint density at radius 1 is 1.31 bits per heavy atom. The Kier molecular flexibility index (Phi) is 2.32. The molecule has 0 unspecified atom stereocenters. The Bertz CT molecular complexity index is 307. The minimum atomic E-state index is -1.04. The van der Waals surface area contributed by atoms with Crippen LogP contribution in [0.15, 0.2) is 24.3 Å². The topological polar surface area (TPSA) is 46.1 Å². The predicted molar refractivity (Wildman–Crippen MR) is 50.8 cm³/mol. The van der Waals surface area contributed by atoms with Gasteiger partial charge in [0.05, 0.1) is 0 Å². The molecule has 0 saturated carbocycles. The molecule has 0 aromatic rings. The first kappa shape index (κ1) is 9.64. The molecule has 0 spiro atoms. The van der Waals surface area contributed by atoms with Crippen LogP contribution in [0.2, 0.25) is 0 Å².